The third-order valence-electron chi connectivity index (χ3n) is 2.39. The zero-order valence-electron chi connectivity index (χ0n) is 10.1. The van der Waals surface area contributed by atoms with E-state index in [0.29, 0.717) is 13.1 Å². The number of carbonyl (C=O) groups excluding carboxylic acids is 1. The van der Waals surface area contributed by atoms with Crippen LogP contribution in [0.25, 0.3) is 10.4 Å². The zero-order chi connectivity index (χ0) is 13.4. The molecule has 1 heterocycles. The summed E-state index contributed by atoms with van der Waals surface area (Å²) in [5, 5.41) is 3.41. The van der Waals surface area contributed by atoms with Gasteiger partial charge in [-0.3, -0.25) is 4.79 Å². The lowest BCUT2D eigenvalue weighted by molar-refractivity contribution is 0.0600. The summed E-state index contributed by atoms with van der Waals surface area (Å²) < 4.78 is 6.03. The van der Waals surface area contributed by atoms with Gasteiger partial charge in [0.25, 0.3) is 5.56 Å². The summed E-state index contributed by atoms with van der Waals surface area (Å²) in [5.41, 5.74) is 8.09. The average molecular weight is 250 g/mol. The van der Waals surface area contributed by atoms with Crippen LogP contribution >= 0.6 is 0 Å². The van der Waals surface area contributed by atoms with Gasteiger partial charge in [0.15, 0.2) is 0 Å². The molecule has 7 nitrogen and oxygen atoms in total. The van der Waals surface area contributed by atoms with Crippen LogP contribution in [-0.2, 0) is 11.3 Å². The Kier molecular flexibility index (Phi) is 5.47. The fourth-order valence-corrected chi connectivity index (χ4v) is 1.45. The minimum Gasteiger partial charge on any atom is -0.465 e. The molecule has 0 atom stereocenters. The maximum absolute atomic E-state index is 11.7. The van der Waals surface area contributed by atoms with E-state index < -0.39 is 5.97 Å². The Morgan fingerprint density at radius 2 is 2.33 bits per heavy atom. The van der Waals surface area contributed by atoms with E-state index in [1.54, 1.807) is 12.3 Å². The number of methoxy groups -OCH3 is 1. The van der Waals surface area contributed by atoms with Crippen LogP contribution in [0.2, 0.25) is 0 Å². The molecule has 0 aliphatic rings. The molecule has 0 bridgehead atoms. The number of hydrogen-bond donors (Lipinski definition) is 0. The average Bonchev–Trinajstić information content (AvgIpc) is 2.39. The molecule has 0 spiro atoms. The van der Waals surface area contributed by atoms with Gasteiger partial charge in [0.2, 0.25) is 0 Å². The van der Waals surface area contributed by atoms with Crippen molar-refractivity contribution in [3.05, 3.63) is 44.7 Å². The maximum Gasteiger partial charge on any atom is 0.338 e. The van der Waals surface area contributed by atoms with Gasteiger partial charge in [-0.2, -0.15) is 0 Å². The van der Waals surface area contributed by atoms with Gasteiger partial charge >= 0.3 is 5.97 Å². The van der Waals surface area contributed by atoms with Crippen molar-refractivity contribution in [2.24, 2.45) is 5.11 Å². The summed E-state index contributed by atoms with van der Waals surface area (Å²) in [6.45, 7) is 0.951. The van der Waals surface area contributed by atoms with Gasteiger partial charge in [-0.25, -0.2) is 4.79 Å². The lowest BCUT2D eigenvalue weighted by Crippen LogP contribution is -2.20. The number of pyridine rings is 1. The van der Waals surface area contributed by atoms with E-state index in [-0.39, 0.29) is 11.1 Å². The third kappa shape index (κ3) is 3.95. The first-order valence-electron chi connectivity index (χ1n) is 5.48. The predicted octanol–water partition coefficient (Wildman–Crippen LogP) is 1.73. The molecule has 0 radical (unpaired) electrons. The van der Waals surface area contributed by atoms with E-state index >= 15 is 0 Å². The molecule has 7 heteroatoms. The largest absolute Gasteiger partial charge is 0.465 e. The number of aromatic nitrogens is 1. The normalized spacial score (nSPS) is 9.61. The summed E-state index contributed by atoms with van der Waals surface area (Å²) in [4.78, 5) is 25.5. The minimum atomic E-state index is -0.525. The smallest absolute Gasteiger partial charge is 0.338 e. The molecule has 1 aromatic heterocycles. The molecule has 0 amide bonds. The second kappa shape index (κ2) is 7.13. The molecule has 1 rings (SSSR count). The van der Waals surface area contributed by atoms with Crippen LogP contribution in [0.4, 0.5) is 0 Å². The Morgan fingerprint density at radius 1 is 1.56 bits per heavy atom. The highest BCUT2D eigenvalue weighted by molar-refractivity contribution is 5.88. The van der Waals surface area contributed by atoms with Gasteiger partial charge in [-0.1, -0.05) is 5.11 Å². The minimum absolute atomic E-state index is 0.243. The summed E-state index contributed by atoms with van der Waals surface area (Å²) in [5.74, 6) is -0.525. The number of esters is 1. The van der Waals surface area contributed by atoms with E-state index in [4.69, 9.17) is 5.53 Å². The Labute approximate surface area is 104 Å². The van der Waals surface area contributed by atoms with Crippen LogP contribution in [-0.4, -0.2) is 24.2 Å². The second-order valence-electron chi connectivity index (χ2n) is 3.60. The van der Waals surface area contributed by atoms with Crippen LogP contribution in [0.3, 0.4) is 0 Å². The molecule has 0 saturated carbocycles. The van der Waals surface area contributed by atoms with Gasteiger partial charge in [0, 0.05) is 30.3 Å². The predicted molar refractivity (Wildman–Crippen MR) is 65.3 cm³/mol. The van der Waals surface area contributed by atoms with E-state index in [0.717, 1.165) is 12.8 Å². The van der Waals surface area contributed by atoms with Crippen LogP contribution in [0, 0.1) is 0 Å². The Balaban J connectivity index is 2.60. The van der Waals surface area contributed by atoms with Gasteiger partial charge in [-0.05, 0) is 24.4 Å². The molecule has 18 heavy (non-hydrogen) atoms. The third-order valence-corrected chi connectivity index (χ3v) is 2.39. The van der Waals surface area contributed by atoms with E-state index in [2.05, 4.69) is 14.8 Å². The van der Waals surface area contributed by atoms with Crippen molar-refractivity contribution in [2.75, 3.05) is 13.7 Å². The number of aryl methyl sites for hydroxylation is 1. The summed E-state index contributed by atoms with van der Waals surface area (Å²) >= 11 is 0. The van der Waals surface area contributed by atoms with Crippen molar-refractivity contribution >= 4 is 5.97 Å². The number of rotatable bonds is 6. The summed E-state index contributed by atoms with van der Waals surface area (Å²) in [6.07, 6.45) is 3.01. The molecular formula is C11H14N4O3. The molecule has 96 valence electrons. The van der Waals surface area contributed by atoms with Crippen LogP contribution in [0.15, 0.2) is 28.2 Å². The number of unbranched alkanes of at least 4 members (excludes halogenated alkanes) is 1. The summed E-state index contributed by atoms with van der Waals surface area (Å²) in [7, 11) is 1.27. The maximum atomic E-state index is 11.7. The highest BCUT2D eigenvalue weighted by atomic mass is 16.5. The summed E-state index contributed by atoms with van der Waals surface area (Å²) in [6, 6.07) is 2.79. The van der Waals surface area contributed by atoms with Crippen LogP contribution in [0.5, 0.6) is 0 Å². The van der Waals surface area contributed by atoms with Gasteiger partial charge < -0.3 is 9.30 Å². The fraction of sp³-hybridized carbons (Fsp3) is 0.455. The number of ether oxygens (including phenoxy) is 1. The molecule has 0 fully saturated rings. The number of hydrogen-bond acceptors (Lipinski definition) is 4. The first kappa shape index (κ1) is 13.8. The fourth-order valence-electron chi connectivity index (χ4n) is 1.45. The quantitative estimate of drug-likeness (QED) is 0.253. The standard InChI is InChI=1S/C11H14N4O3/c1-18-11(17)9-4-7-15(10(16)8-9)6-3-2-5-13-14-12/h4,7-8H,2-3,5-6H2,1H3. The van der Waals surface area contributed by atoms with Crippen LogP contribution in [0.1, 0.15) is 23.2 Å². The second-order valence-corrected chi connectivity index (χ2v) is 3.60. The highest BCUT2D eigenvalue weighted by Gasteiger charge is 2.06. The molecule has 0 aromatic carbocycles. The van der Waals surface area contributed by atoms with Crippen molar-refractivity contribution < 1.29 is 9.53 Å². The number of azide groups is 1. The van der Waals surface area contributed by atoms with Gasteiger partial charge in [0.1, 0.15) is 0 Å². The van der Waals surface area contributed by atoms with Crippen molar-refractivity contribution in [2.45, 2.75) is 19.4 Å². The lowest BCUT2D eigenvalue weighted by Gasteiger charge is -2.05. The number of nitrogens with zero attached hydrogens (tertiary/aromatic N) is 4. The monoisotopic (exact) mass is 250 g/mol. The van der Waals surface area contributed by atoms with E-state index in [1.807, 2.05) is 0 Å². The molecule has 0 unspecified atom stereocenters. The molecule has 0 saturated heterocycles. The number of carbonyl (C=O) groups is 1. The first-order valence-corrected chi connectivity index (χ1v) is 5.48. The lowest BCUT2D eigenvalue weighted by atomic mass is 10.2. The van der Waals surface area contributed by atoms with Crippen molar-refractivity contribution in [3.8, 4) is 0 Å². The Bertz CT molecular complexity index is 517. The van der Waals surface area contributed by atoms with Crippen molar-refractivity contribution in [1.29, 1.82) is 0 Å². The Morgan fingerprint density at radius 3 is 2.94 bits per heavy atom. The van der Waals surface area contributed by atoms with Crippen LogP contribution < -0.4 is 5.56 Å². The molecule has 0 aliphatic carbocycles. The topological polar surface area (TPSA) is 97.1 Å². The first-order chi connectivity index (χ1) is 8.69. The van der Waals surface area contributed by atoms with Crippen molar-refractivity contribution in [3.63, 3.8) is 0 Å². The van der Waals surface area contributed by atoms with Crippen molar-refractivity contribution in [1.82, 2.24) is 4.57 Å². The Hall–Kier alpha value is -2.27. The molecule has 0 N–H and O–H groups in total. The molecule has 0 aliphatic heterocycles. The zero-order valence-corrected chi connectivity index (χ0v) is 10.1. The van der Waals surface area contributed by atoms with Gasteiger partial charge in [0.05, 0.1) is 12.7 Å². The van der Waals surface area contributed by atoms with E-state index in [9.17, 15) is 9.59 Å². The highest BCUT2D eigenvalue weighted by Crippen LogP contribution is 1.99. The SMILES string of the molecule is COC(=O)c1ccn(CCCCN=[N+]=[N-])c(=O)c1. The molecular weight excluding hydrogens is 236 g/mol. The van der Waals surface area contributed by atoms with Gasteiger partial charge in [-0.15, -0.1) is 0 Å². The molecule has 1 aromatic rings. The van der Waals surface area contributed by atoms with E-state index in [1.165, 1.54) is 17.7 Å².